The molecule has 0 aromatic heterocycles. The number of halogens is 2. The molecule has 0 radical (unpaired) electrons. The number of hydrogen-bond acceptors (Lipinski definition) is 3. The quantitative estimate of drug-likeness (QED) is 0.731. The van der Waals surface area contributed by atoms with Crippen LogP contribution in [0.5, 0.6) is 0 Å². The summed E-state index contributed by atoms with van der Waals surface area (Å²) in [6, 6.07) is 8.98. The summed E-state index contributed by atoms with van der Waals surface area (Å²) >= 11 is -2.34. The van der Waals surface area contributed by atoms with E-state index in [0.29, 0.717) is 11.6 Å². The minimum atomic E-state index is -2.34. The maximum atomic E-state index is 13.7. The van der Waals surface area contributed by atoms with E-state index in [9.17, 15) is 18.1 Å². The summed E-state index contributed by atoms with van der Waals surface area (Å²) in [7, 11) is 0. The Balaban J connectivity index is 2.33. The van der Waals surface area contributed by atoms with Gasteiger partial charge in [0.05, 0.1) is 23.4 Å². The number of aliphatic hydroxyl groups excluding tert-OH is 1. The van der Waals surface area contributed by atoms with Crippen LogP contribution in [0.4, 0.5) is 14.5 Å². The number of nitrogens with one attached hydrogen (secondary N) is 1. The molecule has 0 bridgehead atoms. The van der Waals surface area contributed by atoms with Gasteiger partial charge in [-0.2, -0.15) is 5.26 Å². The van der Waals surface area contributed by atoms with Crippen molar-refractivity contribution >= 4 is 17.0 Å². The van der Waals surface area contributed by atoms with Crippen LogP contribution in [0.2, 0.25) is 0 Å². The number of hydrogen-bond donors (Lipinski definition) is 3. The fourth-order valence-electron chi connectivity index (χ4n) is 2.12. The van der Waals surface area contributed by atoms with Crippen LogP contribution in [0, 0.1) is 23.0 Å². The molecule has 0 fully saturated rings. The first kappa shape index (κ1) is 17.0. The van der Waals surface area contributed by atoms with E-state index in [1.807, 2.05) is 6.07 Å². The van der Waals surface area contributed by atoms with Gasteiger partial charge in [-0.3, -0.25) is 9.27 Å². The number of benzene rings is 2. The molecule has 2 aromatic rings. The molecule has 0 heterocycles. The minimum absolute atomic E-state index is 0.107. The second kappa shape index (κ2) is 7.28. The van der Waals surface area contributed by atoms with Crippen molar-refractivity contribution in [2.24, 2.45) is 0 Å². The van der Waals surface area contributed by atoms with Gasteiger partial charge in [0.1, 0.15) is 11.6 Å². The lowest BCUT2D eigenvalue weighted by atomic mass is 9.98. The van der Waals surface area contributed by atoms with Gasteiger partial charge >= 0.3 is 0 Å². The maximum Gasteiger partial charge on any atom is 0.259 e. The van der Waals surface area contributed by atoms with E-state index in [2.05, 4.69) is 4.72 Å². The van der Waals surface area contributed by atoms with Crippen molar-refractivity contribution in [1.29, 1.82) is 5.26 Å². The first-order chi connectivity index (χ1) is 10.9. The van der Waals surface area contributed by atoms with Crippen molar-refractivity contribution in [2.75, 3.05) is 4.72 Å². The van der Waals surface area contributed by atoms with E-state index >= 15 is 0 Å². The van der Waals surface area contributed by atoms with Crippen LogP contribution in [0.3, 0.4) is 0 Å². The molecule has 0 amide bonds. The van der Waals surface area contributed by atoms with E-state index in [4.69, 9.17) is 9.81 Å². The molecule has 2 unspecified atom stereocenters. The van der Waals surface area contributed by atoms with E-state index in [1.54, 1.807) is 0 Å². The van der Waals surface area contributed by atoms with Gasteiger partial charge in [0.25, 0.3) is 11.3 Å². The fourth-order valence-corrected chi connectivity index (χ4v) is 2.50. The summed E-state index contributed by atoms with van der Waals surface area (Å²) in [5, 5.41) is 19.1. The standard InChI is InChI=1S/C15H12F2N2O3S/c16-11-2-3-12(13(17)7-11)15(20)6-10-5-9(8-18)1-4-14(10)19-23(21)22/h1-5,7,15,19-20H,6H2,(H,21,22). The second-order valence-electron chi connectivity index (χ2n) is 4.72. The van der Waals surface area contributed by atoms with Crippen molar-refractivity contribution in [3.8, 4) is 6.07 Å². The van der Waals surface area contributed by atoms with Gasteiger partial charge in [-0.1, -0.05) is 6.07 Å². The highest BCUT2D eigenvalue weighted by atomic mass is 32.2. The van der Waals surface area contributed by atoms with Crippen LogP contribution < -0.4 is 4.72 Å². The average Bonchev–Trinajstić information content (AvgIpc) is 2.48. The van der Waals surface area contributed by atoms with Gasteiger partial charge in [0.15, 0.2) is 0 Å². The third kappa shape index (κ3) is 4.32. The van der Waals surface area contributed by atoms with Crippen LogP contribution in [-0.4, -0.2) is 13.9 Å². The molecule has 23 heavy (non-hydrogen) atoms. The highest BCUT2D eigenvalue weighted by molar-refractivity contribution is 7.80. The van der Waals surface area contributed by atoms with Crippen LogP contribution >= 0.6 is 0 Å². The first-order valence-corrected chi connectivity index (χ1v) is 7.55. The zero-order chi connectivity index (χ0) is 17.0. The normalized spacial score (nSPS) is 13.2. The third-order valence-electron chi connectivity index (χ3n) is 3.17. The lowest BCUT2D eigenvalue weighted by molar-refractivity contribution is 0.173. The summed E-state index contributed by atoms with van der Waals surface area (Å²) in [5.41, 5.74) is 0.750. The first-order valence-electron chi connectivity index (χ1n) is 6.44. The van der Waals surface area contributed by atoms with Crippen molar-refractivity contribution < 1.29 is 22.6 Å². The molecule has 5 nitrogen and oxygen atoms in total. The zero-order valence-corrected chi connectivity index (χ0v) is 12.5. The Hall–Kier alpha value is -2.34. The van der Waals surface area contributed by atoms with Crippen molar-refractivity contribution in [1.82, 2.24) is 0 Å². The number of nitrogens with zero attached hydrogens (tertiary/aromatic N) is 1. The third-order valence-corrected chi connectivity index (χ3v) is 3.56. The Morgan fingerprint density at radius 1 is 1.26 bits per heavy atom. The Kier molecular flexibility index (Phi) is 5.39. The monoisotopic (exact) mass is 338 g/mol. The number of aliphatic hydroxyl groups is 1. The molecule has 0 aliphatic heterocycles. The van der Waals surface area contributed by atoms with Gasteiger partial charge in [0.2, 0.25) is 0 Å². The van der Waals surface area contributed by atoms with Gasteiger partial charge < -0.3 is 5.11 Å². The number of rotatable bonds is 5. The summed E-state index contributed by atoms with van der Waals surface area (Å²) in [4.78, 5) is 0. The summed E-state index contributed by atoms with van der Waals surface area (Å²) in [6.07, 6.45) is -1.44. The second-order valence-corrected chi connectivity index (χ2v) is 5.42. The predicted molar refractivity (Wildman–Crippen MR) is 80.6 cm³/mol. The molecular weight excluding hydrogens is 326 g/mol. The molecule has 2 atom stereocenters. The van der Waals surface area contributed by atoms with E-state index in [-0.39, 0.29) is 23.2 Å². The molecule has 120 valence electrons. The molecule has 0 spiro atoms. The van der Waals surface area contributed by atoms with Gasteiger partial charge in [0, 0.05) is 18.1 Å². The van der Waals surface area contributed by atoms with Crippen molar-refractivity contribution in [2.45, 2.75) is 12.5 Å². The Morgan fingerprint density at radius 3 is 2.61 bits per heavy atom. The Labute approximate surface area is 133 Å². The molecular formula is C15H12F2N2O3S. The van der Waals surface area contributed by atoms with Crippen LogP contribution in [0.15, 0.2) is 36.4 Å². The van der Waals surface area contributed by atoms with E-state index < -0.39 is 29.0 Å². The fraction of sp³-hybridized carbons (Fsp3) is 0.133. The number of anilines is 1. The van der Waals surface area contributed by atoms with Crippen LogP contribution in [0.1, 0.15) is 22.8 Å². The number of nitriles is 1. The van der Waals surface area contributed by atoms with E-state index in [0.717, 1.165) is 12.1 Å². The zero-order valence-electron chi connectivity index (χ0n) is 11.7. The molecule has 8 heteroatoms. The van der Waals surface area contributed by atoms with Crippen molar-refractivity contribution in [3.63, 3.8) is 0 Å². The molecule has 3 N–H and O–H groups in total. The van der Waals surface area contributed by atoms with E-state index in [1.165, 1.54) is 18.2 Å². The Morgan fingerprint density at radius 2 is 2.00 bits per heavy atom. The van der Waals surface area contributed by atoms with Crippen LogP contribution in [0.25, 0.3) is 0 Å². The lowest BCUT2D eigenvalue weighted by Crippen LogP contribution is -2.09. The summed E-state index contributed by atoms with van der Waals surface area (Å²) in [5.74, 6) is -1.66. The SMILES string of the molecule is N#Cc1ccc(NS(=O)O)c(CC(O)c2ccc(F)cc2F)c1. The topological polar surface area (TPSA) is 93.4 Å². The smallest absolute Gasteiger partial charge is 0.259 e. The van der Waals surface area contributed by atoms with Crippen LogP contribution in [-0.2, 0) is 17.7 Å². The van der Waals surface area contributed by atoms with Crippen molar-refractivity contribution in [3.05, 3.63) is 64.7 Å². The summed E-state index contributed by atoms with van der Waals surface area (Å²) in [6.45, 7) is 0. The largest absolute Gasteiger partial charge is 0.388 e. The average molecular weight is 338 g/mol. The molecule has 2 aromatic carbocycles. The lowest BCUT2D eigenvalue weighted by Gasteiger charge is -2.15. The highest BCUT2D eigenvalue weighted by Gasteiger charge is 2.17. The Bertz CT molecular complexity index is 793. The highest BCUT2D eigenvalue weighted by Crippen LogP contribution is 2.26. The summed E-state index contributed by atoms with van der Waals surface area (Å²) < 4.78 is 48.7. The van der Waals surface area contributed by atoms with Gasteiger partial charge in [-0.05, 0) is 29.8 Å². The molecule has 0 aliphatic carbocycles. The molecule has 0 saturated carbocycles. The van der Waals surface area contributed by atoms with Gasteiger partial charge in [-0.25, -0.2) is 13.0 Å². The predicted octanol–water partition coefficient (Wildman–Crippen LogP) is 2.66. The molecule has 0 saturated heterocycles. The van der Waals surface area contributed by atoms with Gasteiger partial charge in [-0.15, -0.1) is 0 Å². The molecule has 2 rings (SSSR count). The molecule has 0 aliphatic rings. The maximum absolute atomic E-state index is 13.7. The minimum Gasteiger partial charge on any atom is -0.388 e.